The number of hydrogen-bond donors (Lipinski definition) is 0. The predicted octanol–water partition coefficient (Wildman–Crippen LogP) is 2.34. The number of aryl methyl sites for hydroxylation is 3. The second-order valence-electron chi connectivity index (χ2n) is 6.13. The summed E-state index contributed by atoms with van der Waals surface area (Å²) in [4.78, 5) is 18.1. The first-order chi connectivity index (χ1) is 11.1. The van der Waals surface area contributed by atoms with Crippen molar-refractivity contribution in [2.75, 3.05) is 13.7 Å². The molecular formula is C18H23N3O2. The topological polar surface area (TPSA) is 47.4 Å². The molecule has 122 valence electrons. The number of benzene rings is 1. The van der Waals surface area contributed by atoms with Crippen LogP contribution in [0.25, 0.3) is 0 Å². The Morgan fingerprint density at radius 3 is 2.83 bits per heavy atom. The van der Waals surface area contributed by atoms with Gasteiger partial charge in [0.05, 0.1) is 6.54 Å². The fraction of sp³-hybridized carbons (Fsp3) is 0.444. The standard InChI is InChI=1S/C18H23N3O2/c1-20-10-9-19-17(20)12-21(2)18(22)13-23-16-8-7-14-5-3-4-6-15(14)11-16/h7-11H,3-6,12-13H2,1-2H3. The Balaban J connectivity index is 1.55. The summed E-state index contributed by atoms with van der Waals surface area (Å²) < 4.78 is 7.60. The highest BCUT2D eigenvalue weighted by Gasteiger charge is 2.14. The molecule has 0 radical (unpaired) electrons. The zero-order valence-corrected chi connectivity index (χ0v) is 13.8. The van der Waals surface area contributed by atoms with Crippen LogP contribution in [0.2, 0.25) is 0 Å². The zero-order valence-electron chi connectivity index (χ0n) is 13.8. The van der Waals surface area contributed by atoms with Crippen molar-refractivity contribution in [3.05, 3.63) is 47.5 Å². The molecule has 0 N–H and O–H groups in total. The quantitative estimate of drug-likeness (QED) is 0.851. The van der Waals surface area contributed by atoms with Crippen LogP contribution in [-0.2, 0) is 31.2 Å². The molecule has 1 aromatic carbocycles. The summed E-state index contributed by atoms with van der Waals surface area (Å²) in [6.07, 6.45) is 8.38. The number of hydrogen-bond acceptors (Lipinski definition) is 3. The van der Waals surface area contributed by atoms with Gasteiger partial charge in [0.15, 0.2) is 6.61 Å². The van der Waals surface area contributed by atoms with E-state index < -0.39 is 0 Å². The van der Waals surface area contributed by atoms with Gasteiger partial charge < -0.3 is 14.2 Å². The van der Waals surface area contributed by atoms with Crippen LogP contribution in [0.5, 0.6) is 5.75 Å². The molecule has 5 nitrogen and oxygen atoms in total. The minimum Gasteiger partial charge on any atom is -0.484 e. The number of carbonyl (C=O) groups excluding carboxylic acids is 1. The van der Waals surface area contributed by atoms with Crippen LogP contribution in [-0.4, -0.2) is 34.0 Å². The normalized spacial score (nSPS) is 13.5. The number of nitrogens with zero attached hydrogens (tertiary/aromatic N) is 3. The van der Waals surface area contributed by atoms with E-state index in [2.05, 4.69) is 17.1 Å². The van der Waals surface area contributed by atoms with Crippen LogP contribution < -0.4 is 4.74 Å². The number of aromatic nitrogens is 2. The molecular weight excluding hydrogens is 290 g/mol. The highest BCUT2D eigenvalue weighted by atomic mass is 16.5. The van der Waals surface area contributed by atoms with Crippen LogP contribution in [0.15, 0.2) is 30.6 Å². The van der Waals surface area contributed by atoms with Gasteiger partial charge in [0.2, 0.25) is 0 Å². The van der Waals surface area contributed by atoms with E-state index in [1.54, 1.807) is 18.1 Å². The maximum Gasteiger partial charge on any atom is 0.260 e. The summed E-state index contributed by atoms with van der Waals surface area (Å²) in [6, 6.07) is 6.18. The van der Waals surface area contributed by atoms with Gasteiger partial charge in [0.1, 0.15) is 11.6 Å². The number of likely N-dealkylation sites (N-methyl/N-ethyl adjacent to an activating group) is 1. The highest BCUT2D eigenvalue weighted by Crippen LogP contribution is 2.25. The summed E-state index contributed by atoms with van der Waals surface area (Å²) in [6.45, 7) is 0.537. The van der Waals surface area contributed by atoms with E-state index >= 15 is 0 Å². The van der Waals surface area contributed by atoms with Gasteiger partial charge in [-0.15, -0.1) is 0 Å². The molecule has 0 saturated carbocycles. The van der Waals surface area contributed by atoms with Crippen molar-refractivity contribution in [1.82, 2.24) is 14.5 Å². The smallest absolute Gasteiger partial charge is 0.260 e. The Labute approximate surface area is 136 Å². The van der Waals surface area contributed by atoms with E-state index in [9.17, 15) is 4.79 Å². The third-order valence-corrected chi connectivity index (χ3v) is 4.41. The molecule has 23 heavy (non-hydrogen) atoms. The van der Waals surface area contributed by atoms with E-state index in [0.29, 0.717) is 6.54 Å². The molecule has 0 atom stereocenters. The lowest BCUT2D eigenvalue weighted by molar-refractivity contribution is -0.132. The Morgan fingerprint density at radius 2 is 2.09 bits per heavy atom. The molecule has 1 aromatic heterocycles. The van der Waals surface area contributed by atoms with Crippen LogP contribution in [0, 0.1) is 0 Å². The van der Waals surface area contributed by atoms with Crippen LogP contribution >= 0.6 is 0 Å². The van der Waals surface area contributed by atoms with Crippen LogP contribution in [0.1, 0.15) is 29.8 Å². The molecule has 5 heteroatoms. The summed E-state index contributed by atoms with van der Waals surface area (Å²) in [7, 11) is 3.69. The fourth-order valence-electron chi connectivity index (χ4n) is 2.90. The SMILES string of the molecule is CN(Cc1nccn1C)C(=O)COc1ccc2c(c1)CCCC2. The molecule has 1 heterocycles. The van der Waals surface area contributed by atoms with Crippen molar-refractivity contribution in [3.8, 4) is 5.75 Å². The molecule has 0 aliphatic heterocycles. The van der Waals surface area contributed by atoms with E-state index in [0.717, 1.165) is 24.4 Å². The molecule has 1 aliphatic carbocycles. The summed E-state index contributed by atoms with van der Waals surface area (Å²) in [5.41, 5.74) is 2.78. The molecule has 0 fully saturated rings. The number of rotatable bonds is 5. The molecule has 2 aromatic rings. The monoisotopic (exact) mass is 313 g/mol. The van der Waals surface area contributed by atoms with Gasteiger partial charge in [0, 0.05) is 26.5 Å². The Bertz CT molecular complexity index is 693. The van der Waals surface area contributed by atoms with Gasteiger partial charge in [-0.25, -0.2) is 4.98 Å². The molecule has 0 unspecified atom stereocenters. The van der Waals surface area contributed by atoms with Crippen LogP contribution in [0.4, 0.5) is 0 Å². The number of imidazole rings is 1. The lowest BCUT2D eigenvalue weighted by atomic mass is 9.92. The van der Waals surface area contributed by atoms with Crippen molar-refractivity contribution < 1.29 is 9.53 Å². The summed E-state index contributed by atoms with van der Waals surface area (Å²) in [5, 5.41) is 0. The van der Waals surface area contributed by atoms with Crippen molar-refractivity contribution in [2.45, 2.75) is 32.2 Å². The maximum atomic E-state index is 12.2. The van der Waals surface area contributed by atoms with Crippen molar-refractivity contribution in [1.29, 1.82) is 0 Å². The molecule has 1 aliphatic rings. The van der Waals surface area contributed by atoms with Gasteiger partial charge in [-0.05, 0) is 48.9 Å². The number of fused-ring (bicyclic) bond motifs is 1. The fourth-order valence-corrected chi connectivity index (χ4v) is 2.90. The van der Waals surface area contributed by atoms with Gasteiger partial charge in [0.25, 0.3) is 5.91 Å². The van der Waals surface area contributed by atoms with E-state index in [-0.39, 0.29) is 12.5 Å². The number of carbonyl (C=O) groups is 1. The largest absolute Gasteiger partial charge is 0.484 e. The van der Waals surface area contributed by atoms with E-state index in [4.69, 9.17) is 4.74 Å². The average molecular weight is 313 g/mol. The van der Waals surface area contributed by atoms with E-state index in [1.165, 1.54) is 24.0 Å². The Morgan fingerprint density at radius 1 is 1.30 bits per heavy atom. The zero-order chi connectivity index (χ0) is 16.2. The number of amides is 1. The molecule has 0 spiro atoms. The Hall–Kier alpha value is -2.30. The van der Waals surface area contributed by atoms with Crippen molar-refractivity contribution in [3.63, 3.8) is 0 Å². The Kier molecular flexibility index (Phi) is 4.65. The first-order valence-electron chi connectivity index (χ1n) is 8.08. The second kappa shape index (κ2) is 6.86. The highest BCUT2D eigenvalue weighted by molar-refractivity contribution is 5.77. The minimum atomic E-state index is -0.0503. The lowest BCUT2D eigenvalue weighted by Crippen LogP contribution is -2.31. The van der Waals surface area contributed by atoms with Gasteiger partial charge in [-0.1, -0.05) is 6.07 Å². The maximum absolute atomic E-state index is 12.2. The van der Waals surface area contributed by atoms with E-state index in [1.807, 2.05) is 23.9 Å². The van der Waals surface area contributed by atoms with Gasteiger partial charge >= 0.3 is 0 Å². The van der Waals surface area contributed by atoms with Gasteiger partial charge in [-0.3, -0.25) is 4.79 Å². The molecule has 0 saturated heterocycles. The van der Waals surface area contributed by atoms with Gasteiger partial charge in [-0.2, -0.15) is 0 Å². The average Bonchev–Trinajstić information content (AvgIpc) is 2.97. The molecule has 3 rings (SSSR count). The predicted molar refractivity (Wildman–Crippen MR) is 88.3 cm³/mol. The van der Waals surface area contributed by atoms with Crippen molar-refractivity contribution in [2.24, 2.45) is 7.05 Å². The minimum absolute atomic E-state index is 0.0503. The summed E-state index contributed by atoms with van der Waals surface area (Å²) in [5.74, 6) is 1.59. The number of ether oxygens (including phenoxy) is 1. The third-order valence-electron chi connectivity index (χ3n) is 4.41. The lowest BCUT2D eigenvalue weighted by Gasteiger charge is -2.19. The molecule has 1 amide bonds. The molecule has 0 bridgehead atoms. The summed E-state index contributed by atoms with van der Waals surface area (Å²) >= 11 is 0. The first-order valence-corrected chi connectivity index (χ1v) is 8.08. The van der Waals surface area contributed by atoms with Crippen LogP contribution in [0.3, 0.4) is 0 Å². The third kappa shape index (κ3) is 3.73. The van der Waals surface area contributed by atoms with Crippen molar-refractivity contribution >= 4 is 5.91 Å². The first kappa shape index (κ1) is 15.6. The second-order valence-corrected chi connectivity index (χ2v) is 6.13.